The van der Waals surface area contributed by atoms with Crippen molar-refractivity contribution in [2.75, 3.05) is 0 Å². The zero-order chi connectivity index (χ0) is 13.9. The molecule has 1 aromatic rings. The summed E-state index contributed by atoms with van der Waals surface area (Å²) < 4.78 is 26.4. The molecule has 1 N–H and O–H groups in total. The maximum Gasteiger partial charge on any atom is 0.159 e. The molecule has 0 aliphatic heterocycles. The number of rotatable bonds is 2. The lowest BCUT2D eigenvalue weighted by atomic mass is 9.49. The van der Waals surface area contributed by atoms with E-state index in [9.17, 15) is 13.9 Å². The molecule has 5 rings (SSSR count). The van der Waals surface area contributed by atoms with Gasteiger partial charge in [-0.2, -0.15) is 0 Å². The van der Waals surface area contributed by atoms with Crippen molar-refractivity contribution in [1.29, 1.82) is 0 Å². The third-order valence-electron chi connectivity index (χ3n) is 6.02. The summed E-state index contributed by atoms with van der Waals surface area (Å²) in [5.74, 6) is 0.671. The molecule has 4 aliphatic rings. The highest BCUT2D eigenvalue weighted by Gasteiger charge is 2.56. The standard InChI is InChI=1S/C17H20F2O/c18-15-2-1-10(8-16(15)19)9-17(20)13-4-11-3-12(6-13)7-14(17)5-11/h1-2,8,11-14,20H,3-7,9H2. The van der Waals surface area contributed by atoms with Crippen molar-refractivity contribution in [3.8, 4) is 0 Å². The Hall–Kier alpha value is -0.960. The first-order valence-corrected chi connectivity index (χ1v) is 7.71. The van der Waals surface area contributed by atoms with Gasteiger partial charge >= 0.3 is 0 Å². The van der Waals surface area contributed by atoms with Gasteiger partial charge < -0.3 is 5.11 Å². The molecule has 3 heteroatoms. The van der Waals surface area contributed by atoms with Crippen LogP contribution in [0.1, 0.15) is 37.7 Å². The van der Waals surface area contributed by atoms with Gasteiger partial charge in [0.25, 0.3) is 0 Å². The highest BCUT2D eigenvalue weighted by molar-refractivity contribution is 5.22. The summed E-state index contributed by atoms with van der Waals surface area (Å²) in [5, 5.41) is 11.2. The highest BCUT2D eigenvalue weighted by atomic mass is 19.2. The molecule has 0 heterocycles. The summed E-state index contributed by atoms with van der Waals surface area (Å²) in [6, 6.07) is 4.03. The lowest BCUT2D eigenvalue weighted by molar-refractivity contribution is -0.171. The van der Waals surface area contributed by atoms with Gasteiger partial charge in [-0.1, -0.05) is 6.07 Å². The van der Waals surface area contributed by atoms with Gasteiger partial charge in [-0.3, -0.25) is 0 Å². The van der Waals surface area contributed by atoms with Crippen LogP contribution < -0.4 is 0 Å². The molecule has 0 atom stereocenters. The van der Waals surface area contributed by atoms with Crippen LogP contribution in [-0.4, -0.2) is 10.7 Å². The third-order valence-corrected chi connectivity index (χ3v) is 6.02. The van der Waals surface area contributed by atoms with E-state index in [-0.39, 0.29) is 0 Å². The summed E-state index contributed by atoms with van der Waals surface area (Å²) in [7, 11) is 0. The van der Waals surface area contributed by atoms with E-state index in [2.05, 4.69) is 0 Å². The molecule has 0 radical (unpaired) electrons. The predicted molar refractivity (Wildman–Crippen MR) is 72.1 cm³/mol. The van der Waals surface area contributed by atoms with Crippen LogP contribution in [0.4, 0.5) is 8.78 Å². The second kappa shape index (κ2) is 4.27. The maximum atomic E-state index is 13.4. The largest absolute Gasteiger partial charge is 0.389 e. The molecular weight excluding hydrogens is 258 g/mol. The number of benzene rings is 1. The van der Waals surface area contributed by atoms with Crippen molar-refractivity contribution in [3.05, 3.63) is 35.4 Å². The Morgan fingerprint density at radius 3 is 2.10 bits per heavy atom. The van der Waals surface area contributed by atoms with E-state index < -0.39 is 17.2 Å². The smallest absolute Gasteiger partial charge is 0.159 e. The van der Waals surface area contributed by atoms with Crippen LogP contribution in [0.3, 0.4) is 0 Å². The first kappa shape index (κ1) is 12.8. The number of aliphatic hydroxyl groups is 1. The predicted octanol–water partition coefficient (Wildman–Crippen LogP) is 3.69. The SMILES string of the molecule is OC1(Cc2ccc(F)c(F)c2)C2CC3CC(C2)CC1C3. The molecule has 20 heavy (non-hydrogen) atoms. The summed E-state index contributed by atoms with van der Waals surface area (Å²) in [5.41, 5.74) is 0.0244. The van der Waals surface area contributed by atoms with Crippen LogP contribution in [0.5, 0.6) is 0 Å². The van der Waals surface area contributed by atoms with Crippen molar-refractivity contribution in [2.45, 2.75) is 44.1 Å². The molecule has 0 unspecified atom stereocenters. The van der Waals surface area contributed by atoms with Crippen molar-refractivity contribution >= 4 is 0 Å². The quantitative estimate of drug-likeness (QED) is 0.874. The molecule has 4 aliphatic carbocycles. The number of hydrogen-bond donors (Lipinski definition) is 1. The monoisotopic (exact) mass is 278 g/mol. The van der Waals surface area contributed by atoms with Gasteiger partial charge in [0.2, 0.25) is 0 Å². The second-order valence-electron chi connectivity index (χ2n) is 7.22. The van der Waals surface area contributed by atoms with Crippen LogP contribution in [0.25, 0.3) is 0 Å². The summed E-state index contributed by atoms with van der Waals surface area (Å²) in [6.45, 7) is 0. The van der Waals surface area contributed by atoms with Crippen molar-refractivity contribution in [3.63, 3.8) is 0 Å². The topological polar surface area (TPSA) is 20.2 Å². The average Bonchev–Trinajstić information content (AvgIpc) is 2.40. The Morgan fingerprint density at radius 1 is 0.950 bits per heavy atom. The minimum atomic E-state index is -0.814. The normalized spacial score (nSPS) is 42.1. The zero-order valence-corrected chi connectivity index (χ0v) is 11.5. The van der Waals surface area contributed by atoms with Gasteiger partial charge in [0.15, 0.2) is 11.6 Å². The fourth-order valence-electron chi connectivity index (χ4n) is 5.27. The molecule has 4 fully saturated rings. The van der Waals surface area contributed by atoms with Gasteiger partial charge in [0.05, 0.1) is 5.60 Å². The second-order valence-corrected chi connectivity index (χ2v) is 7.22. The zero-order valence-electron chi connectivity index (χ0n) is 11.5. The first-order valence-electron chi connectivity index (χ1n) is 7.71. The molecule has 0 aromatic heterocycles. The molecule has 4 saturated carbocycles. The van der Waals surface area contributed by atoms with E-state index in [1.54, 1.807) is 6.07 Å². The van der Waals surface area contributed by atoms with Gasteiger partial charge in [0.1, 0.15) is 0 Å². The minimum absolute atomic E-state index is 0.354. The van der Waals surface area contributed by atoms with Crippen molar-refractivity contribution < 1.29 is 13.9 Å². The maximum absolute atomic E-state index is 13.4. The fraction of sp³-hybridized carbons (Fsp3) is 0.647. The third kappa shape index (κ3) is 1.82. The van der Waals surface area contributed by atoms with Crippen LogP contribution in [0.15, 0.2) is 18.2 Å². The Kier molecular flexibility index (Phi) is 2.72. The van der Waals surface area contributed by atoms with Gasteiger partial charge in [-0.05, 0) is 73.5 Å². The molecule has 1 aromatic carbocycles. The summed E-state index contributed by atoms with van der Waals surface area (Å²) in [4.78, 5) is 0. The number of halogens is 2. The van der Waals surface area contributed by atoms with E-state index in [4.69, 9.17) is 0 Å². The number of hydrogen-bond acceptors (Lipinski definition) is 1. The molecule has 4 bridgehead atoms. The fourth-order valence-corrected chi connectivity index (χ4v) is 5.27. The molecule has 0 spiro atoms. The lowest BCUT2D eigenvalue weighted by Gasteiger charge is -2.59. The molecular formula is C17H20F2O. The molecule has 108 valence electrons. The van der Waals surface area contributed by atoms with E-state index in [0.29, 0.717) is 18.3 Å². The van der Waals surface area contributed by atoms with E-state index >= 15 is 0 Å². The lowest BCUT2D eigenvalue weighted by Crippen LogP contribution is -2.58. The van der Waals surface area contributed by atoms with Crippen LogP contribution in [-0.2, 0) is 6.42 Å². The Bertz CT molecular complexity index is 512. The van der Waals surface area contributed by atoms with Gasteiger partial charge in [-0.15, -0.1) is 0 Å². The Balaban J connectivity index is 1.62. The molecule has 0 saturated heterocycles. The first-order chi connectivity index (χ1) is 9.54. The highest BCUT2D eigenvalue weighted by Crippen LogP contribution is 2.59. The van der Waals surface area contributed by atoms with Crippen LogP contribution >= 0.6 is 0 Å². The molecule has 0 amide bonds. The van der Waals surface area contributed by atoms with Crippen molar-refractivity contribution in [2.24, 2.45) is 23.7 Å². The van der Waals surface area contributed by atoms with E-state index in [1.165, 1.54) is 18.6 Å². The molecule has 1 nitrogen and oxygen atoms in total. The summed E-state index contributed by atoms with van der Waals surface area (Å²) in [6.07, 6.45) is 6.29. The summed E-state index contributed by atoms with van der Waals surface area (Å²) >= 11 is 0. The van der Waals surface area contributed by atoms with Crippen LogP contribution in [0.2, 0.25) is 0 Å². The Labute approximate surface area is 118 Å². The Morgan fingerprint density at radius 2 is 1.55 bits per heavy atom. The van der Waals surface area contributed by atoms with E-state index in [0.717, 1.165) is 43.1 Å². The average molecular weight is 278 g/mol. The van der Waals surface area contributed by atoms with Crippen molar-refractivity contribution in [1.82, 2.24) is 0 Å². The van der Waals surface area contributed by atoms with Gasteiger partial charge in [0, 0.05) is 6.42 Å². The van der Waals surface area contributed by atoms with E-state index in [1.807, 2.05) is 0 Å². The minimum Gasteiger partial charge on any atom is -0.389 e. The van der Waals surface area contributed by atoms with Gasteiger partial charge in [-0.25, -0.2) is 8.78 Å². The van der Waals surface area contributed by atoms with Crippen LogP contribution in [0, 0.1) is 35.3 Å².